The van der Waals surface area contributed by atoms with Crippen LogP contribution in [-0.4, -0.2) is 34.3 Å². The van der Waals surface area contributed by atoms with E-state index in [0.29, 0.717) is 0 Å². The molecule has 0 spiro atoms. The molecule has 1 nitrogen and oxygen atoms in total. The lowest BCUT2D eigenvalue weighted by molar-refractivity contribution is 0.149. The fourth-order valence-corrected chi connectivity index (χ4v) is 1.02. The molecule has 0 rings (SSSR count). The van der Waals surface area contributed by atoms with Crippen molar-refractivity contribution < 1.29 is 5.11 Å². The molecule has 0 atom stereocenters. The molecule has 0 unspecified atom stereocenters. The van der Waals surface area contributed by atoms with Crippen molar-refractivity contribution >= 4 is 23.1 Å². The molecule has 0 aromatic rings. The second-order valence-corrected chi connectivity index (χ2v) is 2.94. The van der Waals surface area contributed by atoms with Crippen LogP contribution >= 0.6 is 0 Å². The van der Waals surface area contributed by atoms with Gasteiger partial charge in [0.15, 0.2) is 0 Å². The van der Waals surface area contributed by atoms with Gasteiger partial charge in [0.25, 0.3) is 0 Å². The van der Waals surface area contributed by atoms with Crippen molar-refractivity contribution in [2.24, 2.45) is 0 Å². The van der Waals surface area contributed by atoms with Gasteiger partial charge in [0.2, 0.25) is 0 Å². The molecule has 2 heteroatoms. The highest BCUT2D eigenvalue weighted by atomic mass is 24.3. The van der Waals surface area contributed by atoms with E-state index in [9.17, 15) is 5.11 Å². The normalized spacial score (nSPS) is 9.82. The molecule has 0 heterocycles. The first-order valence-electron chi connectivity index (χ1n) is 4.49. The zero-order valence-electron chi connectivity index (χ0n) is 7.97. The summed E-state index contributed by atoms with van der Waals surface area (Å²) in [6.45, 7) is 4.32. The molecule has 1 N–H and O–H groups in total. The van der Waals surface area contributed by atoms with Crippen molar-refractivity contribution in [2.45, 2.75) is 58.5 Å². The predicted octanol–water partition coefficient (Wildman–Crippen LogP) is 2.35. The maximum Gasteiger partial charge on any atom is 0.0540 e. The Morgan fingerprint density at radius 1 is 1.00 bits per heavy atom. The summed E-state index contributed by atoms with van der Waals surface area (Å²) in [5.74, 6) is 0. The van der Waals surface area contributed by atoms with Gasteiger partial charge in [-0.1, -0.05) is 39.5 Å². The number of unbranched alkanes of at least 4 members (excludes halogenated alkanes) is 2. The highest BCUT2D eigenvalue weighted by Gasteiger charge is 2.00. The standard InChI is InChI=1S/C9H20O.Mg/c1-3-5-7-9(10)8-6-4-2;/h9-10H,3-8H2,1-2H3;. The maximum atomic E-state index is 9.31. The van der Waals surface area contributed by atoms with Crippen molar-refractivity contribution in [2.75, 3.05) is 0 Å². The molecule has 0 bridgehead atoms. The van der Waals surface area contributed by atoms with Crippen molar-refractivity contribution in [3.05, 3.63) is 0 Å². The summed E-state index contributed by atoms with van der Waals surface area (Å²) in [6, 6.07) is 0. The van der Waals surface area contributed by atoms with Crippen molar-refractivity contribution in [3.8, 4) is 0 Å². The molecule has 0 aromatic heterocycles. The Bertz CT molecular complexity index is 58.6. The highest BCUT2D eigenvalue weighted by Crippen LogP contribution is 2.07. The average Bonchev–Trinajstić information content (AvgIpc) is 1.97. The van der Waals surface area contributed by atoms with Gasteiger partial charge in [-0.05, 0) is 12.8 Å². The van der Waals surface area contributed by atoms with E-state index in [2.05, 4.69) is 13.8 Å². The SMILES string of the molecule is CCCCC(O)CCCC.[Mg]. The first kappa shape index (κ1) is 14.3. The van der Waals surface area contributed by atoms with Gasteiger partial charge in [0.1, 0.15) is 0 Å². The predicted molar refractivity (Wildman–Crippen MR) is 50.8 cm³/mol. The van der Waals surface area contributed by atoms with Crippen molar-refractivity contribution in [1.29, 1.82) is 0 Å². The average molecular weight is 169 g/mol. The summed E-state index contributed by atoms with van der Waals surface area (Å²) in [6.07, 6.45) is 6.70. The molecule has 0 saturated carbocycles. The quantitative estimate of drug-likeness (QED) is 0.604. The van der Waals surface area contributed by atoms with E-state index in [1.807, 2.05) is 0 Å². The van der Waals surface area contributed by atoms with Crippen LogP contribution in [-0.2, 0) is 0 Å². The van der Waals surface area contributed by atoms with E-state index >= 15 is 0 Å². The third kappa shape index (κ3) is 10.7. The summed E-state index contributed by atoms with van der Waals surface area (Å²) in [5.41, 5.74) is 0. The molecular weight excluding hydrogens is 148 g/mol. The third-order valence-electron chi connectivity index (χ3n) is 1.78. The van der Waals surface area contributed by atoms with Gasteiger partial charge in [-0.2, -0.15) is 0 Å². The number of aliphatic hydroxyl groups is 1. The zero-order valence-corrected chi connectivity index (χ0v) is 9.39. The van der Waals surface area contributed by atoms with Crippen molar-refractivity contribution in [1.82, 2.24) is 0 Å². The minimum atomic E-state index is -0.0279. The van der Waals surface area contributed by atoms with Gasteiger partial charge in [0, 0.05) is 23.1 Å². The zero-order chi connectivity index (χ0) is 7.82. The van der Waals surface area contributed by atoms with Gasteiger partial charge < -0.3 is 5.11 Å². The third-order valence-corrected chi connectivity index (χ3v) is 1.78. The Morgan fingerprint density at radius 2 is 1.36 bits per heavy atom. The van der Waals surface area contributed by atoms with E-state index in [0.717, 1.165) is 12.8 Å². The summed E-state index contributed by atoms with van der Waals surface area (Å²) in [7, 11) is 0. The van der Waals surface area contributed by atoms with E-state index in [4.69, 9.17) is 0 Å². The summed E-state index contributed by atoms with van der Waals surface area (Å²) in [4.78, 5) is 0. The van der Waals surface area contributed by atoms with Crippen LogP contribution < -0.4 is 0 Å². The fourth-order valence-electron chi connectivity index (χ4n) is 1.02. The fraction of sp³-hybridized carbons (Fsp3) is 1.00. The number of rotatable bonds is 6. The van der Waals surface area contributed by atoms with Crippen LogP contribution in [0.2, 0.25) is 0 Å². The summed E-state index contributed by atoms with van der Waals surface area (Å²) in [5, 5.41) is 9.31. The number of hydrogen-bond donors (Lipinski definition) is 1. The first-order valence-corrected chi connectivity index (χ1v) is 4.49. The van der Waals surface area contributed by atoms with Crippen LogP contribution in [0.25, 0.3) is 0 Å². The van der Waals surface area contributed by atoms with Gasteiger partial charge in [-0.15, -0.1) is 0 Å². The van der Waals surface area contributed by atoms with Gasteiger partial charge >= 0.3 is 0 Å². The number of hydrogen-bond acceptors (Lipinski definition) is 1. The molecule has 0 saturated heterocycles. The minimum Gasteiger partial charge on any atom is -0.393 e. The Balaban J connectivity index is 0. The van der Waals surface area contributed by atoms with Crippen LogP contribution in [0.4, 0.5) is 0 Å². The van der Waals surface area contributed by atoms with Crippen LogP contribution in [0.15, 0.2) is 0 Å². The lowest BCUT2D eigenvalue weighted by Crippen LogP contribution is -2.05. The van der Waals surface area contributed by atoms with Gasteiger partial charge in [-0.25, -0.2) is 0 Å². The molecule has 0 aromatic carbocycles. The minimum absolute atomic E-state index is 0. The molecule has 0 aliphatic rings. The smallest absolute Gasteiger partial charge is 0.0540 e. The topological polar surface area (TPSA) is 20.2 Å². The largest absolute Gasteiger partial charge is 0.393 e. The van der Waals surface area contributed by atoms with E-state index in [1.54, 1.807) is 0 Å². The Morgan fingerprint density at radius 3 is 1.64 bits per heavy atom. The second kappa shape index (κ2) is 10.7. The van der Waals surface area contributed by atoms with E-state index < -0.39 is 0 Å². The molecule has 0 aliphatic carbocycles. The van der Waals surface area contributed by atoms with Crippen LogP contribution in [0, 0.1) is 0 Å². The molecule has 0 amide bonds. The van der Waals surface area contributed by atoms with E-state index in [-0.39, 0.29) is 29.2 Å². The Hall–Kier alpha value is 0.726. The summed E-state index contributed by atoms with van der Waals surface area (Å²) < 4.78 is 0. The van der Waals surface area contributed by atoms with Gasteiger partial charge in [-0.3, -0.25) is 0 Å². The molecular formula is C9H20MgO. The van der Waals surface area contributed by atoms with Crippen LogP contribution in [0.1, 0.15) is 52.4 Å². The van der Waals surface area contributed by atoms with Crippen LogP contribution in [0.3, 0.4) is 0 Å². The van der Waals surface area contributed by atoms with Crippen LogP contribution in [0.5, 0.6) is 0 Å². The molecule has 2 radical (unpaired) electrons. The summed E-state index contributed by atoms with van der Waals surface area (Å²) >= 11 is 0. The lowest BCUT2D eigenvalue weighted by atomic mass is 10.1. The Kier molecular flexibility index (Phi) is 13.9. The Labute approximate surface area is 86.7 Å². The monoisotopic (exact) mass is 168 g/mol. The maximum absolute atomic E-state index is 9.31. The van der Waals surface area contributed by atoms with Gasteiger partial charge in [0.05, 0.1) is 6.10 Å². The van der Waals surface area contributed by atoms with Crippen molar-refractivity contribution in [3.63, 3.8) is 0 Å². The molecule has 11 heavy (non-hydrogen) atoms. The second-order valence-electron chi connectivity index (χ2n) is 2.94. The molecule has 0 aliphatic heterocycles. The lowest BCUT2D eigenvalue weighted by Gasteiger charge is -2.07. The van der Waals surface area contributed by atoms with E-state index in [1.165, 1.54) is 25.7 Å². The highest BCUT2D eigenvalue weighted by molar-refractivity contribution is 5.75. The molecule has 0 fully saturated rings. The molecule has 64 valence electrons. The first-order chi connectivity index (χ1) is 4.81. The number of aliphatic hydroxyl groups excluding tert-OH is 1.